The highest BCUT2D eigenvalue weighted by Gasteiger charge is 2.17. The van der Waals surface area contributed by atoms with E-state index in [2.05, 4.69) is 28.7 Å². The van der Waals surface area contributed by atoms with Crippen molar-refractivity contribution in [3.8, 4) is 6.07 Å². The lowest BCUT2D eigenvalue weighted by molar-refractivity contribution is -0.117. The van der Waals surface area contributed by atoms with Crippen molar-refractivity contribution < 1.29 is 9.90 Å². The maximum Gasteiger partial charge on any atom is 0.265 e. The van der Waals surface area contributed by atoms with E-state index in [-0.39, 0.29) is 23.6 Å². The van der Waals surface area contributed by atoms with Crippen LogP contribution in [0.2, 0.25) is 0 Å². The van der Waals surface area contributed by atoms with Gasteiger partial charge >= 0.3 is 0 Å². The molecular weight excluding hydrogens is 396 g/mol. The van der Waals surface area contributed by atoms with Crippen LogP contribution in [0.1, 0.15) is 19.4 Å². The normalized spacial score (nSPS) is 11.9. The number of amides is 1. The van der Waals surface area contributed by atoms with Gasteiger partial charge in [0.25, 0.3) is 5.91 Å². The molecule has 0 saturated carbocycles. The van der Waals surface area contributed by atoms with Crippen molar-refractivity contribution in [2.75, 3.05) is 5.75 Å². The van der Waals surface area contributed by atoms with Crippen LogP contribution in [0.4, 0.5) is 0 Å². The van der Waals surface area contributed by atoms with Crippen LogP contribution in [-0.4, -0.2) is 26.3 Å². The van der Waals surface area contributed by atoms with Gasteiger partial charge < -0.3 is 15.0 Å². The van der Waals surface area contributed by atoms with Gasteiger partial charge in [0.15, 0.2) is 10.7 Å². The summed E-state index contributed by atoms with van der Waals surface area (Å²) in [6.45, 7) is 5.34. The van der Waals surface area contributed by atoms with E-state index < -0.39 is 5.91 Å². The molecule has 0 spiro atoms. The fourth-order valence-corrected chi connectivity index (χ4v) is 3.92. The smallest absolute Gasteiger partial charge is 0.265 e. The molecule has 1 aromatic heterocycles. The van der Waals surface area contributed by atoms with Gasteiger partial charge in [-0.15, -0.1) is 0 Å². The van der Waals surface area contributed by atoms with Gasteiger partial charge in [-0.1, -0.05) is 68.1 Å². The number of rotatable bonds is 8. The lowest BCUT2D eigenvalue weighted by Gasteiger charge is -2.11. The number of imidazole rings is 1. The minimum atomic E-state index is -0.588. The quantitative estimate of drug-likeness (QED) is 0.243. The van der Waals surface area contributed by atoms with E-state index in [4.69, 9.17) is 0 Å². The second kappa shape index (κ2) is 9.99. The van der Waals surface area contributed by atoms with Crippen LogP contribution in [0.5, 0.6) is 0 Å². The second-order valence-corrected chi connectivity index (χ2v) is 8.22. The Hall–Kier alpha value is -3.24. The lowest BCUT2D eigenvalue weighted by Crippen LogP contribution is -2.25. The van der Waals surface area contributed by atoms with Crippen molar-refractivity contribution in [1.82, 2.24) is 14.9 Å². The maximum absolute atomic E-state index is 12.4. The molecule has 7 heteroatoms. The van der Waals surface area contributed by atoms with Crippen molar-refractivity contribution >= 4 is 28.7 Å². The van der Waals surface area contributed by atoms with Crippen molar-refractivity contribution in [3.05, 3.63) is 71.5 Å². The fourth-order valence-electron chi connectivity index (χ4n) is 3.02. The number of aliphatic hydroxyl groups excluding tert-OH is 1. The lowest BCUT2D eigenvalue weighted by atomic mass is 10.2. The molecule has 0 bridgehead atoms. The molecule has 0 saturated heterocycles. The Morgan fingerprint density at radius 2 is 1.90 bits per heavy atom. The number of fused-ring (bicyclic) bond motifs is 1. The van der Waals surface area contributed by atoms with Gasteiger partial charge in [-0.25, -0.2) is 4.98 Å². The first-order valence-electron chi connectivity index (χ1n) is 9.72. The van der Waals surface area contributed by atoms with Gasteiger partial charge in [0.2, 0.25) is 0 Å². The summed E-state index contributed by atoms with van der Waals surface area (Å²) < 4.78 is 2.11. The molecule has 0 unspecified atom stereocenters. The van der Waals surface area contributed by atoms with Crippen LogP contribution in [0, 0.1) is 17.2 Å². The Bertz CT molecular complexity index is 1100. The van der Waals surface area contributed by atoms with Crippen LogP contribution in [0.3, 0.4) is 0 Å². The maximum atomic E-state index is 12.4. The van der Waals surface area contributed by atoms with Gasteiger partial charge in [-0.2, -0.15) is 5.26 Å². The van der Waals surface area contributed by atoms with E-state index in [0.717, 1.165) is 28.3 Å². The van der Waals surface area contributed by atoms with Gasteiger partial charge in [-0.3, -0.25) is 4.79 Å². The molecule has 0 aliphatic rings. The number of aliphatic hydroxyl groups is 1. The molecular formula is C23H24N4O2S. The van der Waals surface area contributed by atoms with Gasteiger partial charge in [0.05, 0.1) is 16.8 Å². The molecule has 0 aliphatic carbocycles. The first kappa shape index (κ1) is 21.5. The number of carbonyl (C=O) groups is 1. The SMILES string of the molecule is CC(C)Cn1c(SCC(O)=C(C#N)C(=O)NCc2ccccc2)nc2ccccc21. The Kier molecular flexibility index (Phi) is 7.15. The number of nitrogens with zero attached hydrogens (tertiary/aromatic N) is 3. The summed E-state index contributed by atoms with van der Waals surface area (Å²) in [5.41, 5.74) is 2.55. The van der Waals surface area contributed by atoms with E-state index in [9.17, 15) is 15.2 Å². The highest BCUT2D eigenvalue weighted by Crippen LogP contribution is 2.26. The van der Waals surface area contributed by atoms with E-state index >= 15 is 0 Å². The summed E-state index contributed by atoms with van der Waals surface area (Å²) in [6.07, 6.45) is 0. The second-order valence-electron chi connectivity index (χ2n) is 7.28. The molecule has 0 aliphatic heterocycles. The third-order valence-corrected chi connectivity index (χ3v) is 5.42. The summed E-state index contributed by atoms with van der Waals surface area (Å²) in [5.74, 6) is -0.334. The van der Waals surface area contributed by atoms with Crippen LogP contribution in [-0.2, 0) is 17.9 Å². The van der Waals surface area contributed by atoms with Crippen molar-refractivity contribution in [2.24, 2.45) is 5.92 Å². The Morgan fingerprint density at radius 3 is 2.60 bits per heavy atom. The monoisotopic (exact) mass is 420 g/mol. The number of thioether (sulfide) groups is 1. The van der Waals surface area contributed by atoms with Crippen LogP contribution >= 0.6 is 11.8 Å². The van der Waals surface area contributed by atoms with Crippen LogP contribution in [0.15, 0.2) is 71.1 Å². The molecule has 0 fully saturated rings. The first-order valence-corrected chi connectivity index (χ1v) is 10.7. The zero-order valence-corrected chi connectivity index (χ0v) is 17.8. The average Bonchev–Trinajstić information content (AvgIpc) is 3.09. The minimum Gasteiger partial charge on any atom is -0.510 e. The van der Waals surface area contributed by atoms with Crippen LogP contribution in [0.25, 0.3) is 11.0 Å². The number of aromatic nitrogens is 2. The van der Waals surface area contributed by atoms with Gasteiger partial charge in [0, 0.05) is 13.1 Å². The number of benzene rings is 2. The third-order valence-electron chi connectivity index (χ3n) is 4.43. The topological polar surface area (TPSA) is 90.9 Å². The van der Waals surface area contributed by atoms with E-state index in [0.29, 0.717) is 5.92 Å². The predicted octanol–water partition coefficient (Wildman–Crippen LogP) is 4.44. The minimum absolute atomic E-state index is 0.0864. The van der Waals surface area contributed by atoms with E-state index in [1.807, 2.05) is 60.7 Å². The Balaban J connectivity index is 1.74. The molecule has 1 amide bonds. The highest BCUT2D eigenvalue weighted by atomic mass is 32.2. The zero-order chi connectivity index (χ0) is 21.5. The largest absolute Gasteiger partial charge is 0.510 e. The fraction of sp³-hybridized carbons (Fsp3) is 0.261. The molecule has 154 valence electrons. The molecule has 3 aromatic rings. The summed E-state index contributed by atoms with van der Waals surface area (Å²) in [4.78, 5) is 17.0. The first-order chi connectivity index (χ1) is 14.5. The van der Waals surface area contributed by atoms with E-state index in [1.165, 1.54) is 11.8 Å². The molecule has 3 rings (SSSR count). The third kappa shape index (κ3) is 5.22. The molecule has 1 heterocycles. The Morgan fingerprint density at radius 1 is 1.20 bits per heavy atom. The highest BCUT2D eigenvalue weighted by molar-refractivity contribution is 7.99. The van der Waals surface area contributed by atoms with Crippen molar-refractivity contribution in [2.45, 2.75) is 32.1 Å². The number of para-hydroxylation sites is 2. The van der Waals surface area contributed by atoms with Crippen LogP contribution < -0.4 is 5.32 Å². The summed E-state index contributed by atoms with van der Waals surface area (Å²) in [5, 5.41) is 23.2. The Labute approximate surface area is 180 Å². The summed E-state index contributed by atoms with van der Waals surface area (Å²) in [6, 6.07) is 19.1. The molecule has 30 heavy (non-hydrogen) atoms. The standard InChI is InChI=1S/C23H24N4O2S/c1-16(2)14-27-20-11-7-6-10-19(20)26-23(27)30-15-21(28)18(12-24)22(29)25-13-17-8-4-3-5-9-17/h3-11,16,28H,13-15H2,1-2H3,(H,25,29). The zero-order valence-electron chi connectivity index (χ0n) is 17.0. The molecule has 6 nitrogen and oxygen atoms in total. The molecule has 2 aromatic carbocycles. The van der Waals surface area contributed by atoms with Gasteiger partial charge in [-0.05, 0) is 23.6 Å². The van der Waals surface area contributed by atoms with Crippen molar-refractivity contribution in [1.29, 1.82) is 5.26 Å². The summed E-state index contributed by atoms with van der Waals surface area (Å²) in [7, 11) is 0. The average molecular weight is 421 g/mol. The van der Waals surface area contributed by atoms with Crippen molar-refractivity contribution in [3.63, 3.8) is 0 Å². The number of nitrogens with one attached hydrogen (secondary N) is 1. The van der Waals surface area contributed by atoms with E-state index in [1.54, 1.807) is 0 Å². The number of hydrogen-bond acceptors (Lipinski definition) is 5. The predicted molar refractivity (Wildman–Crippen MR) is 119 cm³/mol. The van der Waals surface area contributed by atoms with Gasteiger partial charge in [0.1, 0.15) is 11.8 Å². The molecule has 0 atom stereocenters. The number of carbonyl (C=O) groups excluding carboxylic acids is 1. The molecule has 0 radical (unpaired) electrons. The number of nitriles is 1. The summed E-state index contributed by atoms with van der Waals surface area (Å²) >= 11 is 1.31. The molecule has 2 N–H and O–H groups in total. The number of hydrogen-bond donors (Lipinski definition) is 2.